The molecule has 1 heterocycles. The SMILES string of the molecule is O=C([O-])OOCC1CO1. The van der Waals surface area contributed by atoms with Crippen molar-refractivity contribution in [1.82, 2.24) is 0 Å². The van der Waals surface area contributed by atoms with Crippen LogP contribution < -0.4 is 5.11 Å². The lowest BCUT2D eigenvalue weighted by molar-refractivity contribution is -0.361. The number of rotatable bonds is 3. The monoisotopic (exact) mass is 133 g/mol. The smallest absolute Gasteiger partial charge is 0.278 e. The zero-order valence-corrected chi connectivity index (χ0v) is 4.53. The summed E-state index contributed by atoms with van der Waals surface area (Å²) in [7, 11) is 0. The first-order valence-electron chi connectivity index (χ1n) is 2.41. The minimum atomic E-state index is -1.68. The lowest BCUT2D eigenvalue weighted by Gasteiger charge is -2.04. The van der Waals surface area contributed by atoms with Crippen LogP contribution in [0.4, 0.5) is 4.79 Å². The zero-order chi connectivity index (χ0) is 6.69. The largest absolute Gasteiger partial charge is 0.424 e. The first kappa shape index (κ1) is 6.31. The van der Waals surface area contributed by atoms with Crippen LogP contribution in [-0.4, -0.2) is 25.5 Å². The Balaban J connectivity index is 1.86. The molecular formula is C4H5O5-. The Morgan fingerprint density at radius 1 is 1.89 bits per heavy atom. The number of hydrogen-bond acceptors (Lipinski definition) is 5. The van der Waals surface area contributed by atoms with Crippen LogP contribution in [0.5, 0.6) is 0 Å². The predicted molar refractivity (Wildman–Crippen MR) is 22.2 cm³/mol. The summed E-state index contributed by atoms with van der Waals surface area (Å²) in [6.45, 7) is 0.754. The van der Waals surface area contributed by atoms with Gasteiger partial charge >= 0.3 is 0 Å². The quantitative estimate of drug-likeness (QED) is 0.271. The standard InChI is InChI=1S/C4H6O5/c5-4(6)9-8-2-3-1-7-3/h3H,1-2H2,(H,5,6)/p-1. The van der Waals surface area contributed by atoms with E-state index in [0.717, 1.165) is 0 Å². The van der Waals surface area contributed by atoms with E-state index in [4.69, 9.17) is 0 Å². The molecule has 0 amide bonds. The van der Waals surface area contributed by atoms with E-state index < -0.39 is 6.16 Å². The molecular weight excluding hydrogens is 128 g/mol. The third-order valence-electron chi connectivity index (χ3n) is 0.783. The normalized spacial score (nSPS) is 23.3. The van der Waals surface area contributed by atoms with Gasteiger partial charge in [-0.15, -0.1) is 0 Å². The van der Waals surface area contributed by atoms with Gasteiger partial charge in [0.25, 0.3) is 6.16 Å². The van der Waals surface area contributed by atoms with Crippen molar-refractivity contribution in [2.45, 2.75) is 6.10 Å². The highest BCUT2D eigenvalue weighted by Gasteiger charge is 2.22. The van der Waals surface area contributed by atoms with Gasteiger partial charge in [-0.3, -0.25) is 4.89 Å². The van der Waals surface area contributed by atoms with Gasteiger partial charge in [-0.05, 0) is 0 Å². The van der Waals surface area contributed by atoms with Gasteiger partial charge in [0.15, 0.2) is 0 Å². The highest BCUT2D eigenvalue weighted by molar-refractivity contribution is 5.52. The molecule has 0 radical (unpaired) electrons. The maximum Gasteiger partial charge on any atom is 0.278 e. The van der Waals surface area contributed by atoms with Crippen LogP contribution in [0.2, 0.25) is 0 Å². The van der Waals surface area contributed by atoms with Crippen molar-refractivity contribution in [3.63, 3.8) is 0 Å². The van der Waals surface area contributed by atoms with Gasteiger partial charge < -0.3 is 19.5 Å². The second-order valence-electron chi connectivity index (χ2n) is 1.57. The Labute approximate surface area is 51.1 Å². The average molecular weight is 133 g/mol. The van der Waals surface area contributed by atoms with Crippen molar-refractivity contribution in [2.24, 2.45) is 0 Å². The van der Waals surface area contributed by atoms with Crippen molar-refractivity contribution in [3.05, 3.63) is 0 Å². The van der Waals surface area contributed by atoms with Crippen molar-refractivity contribution in [1.29, 1.82) is 0 Å². The summed E-state index contributed by atoms with van der Waals surface area (Å²) in [6, 6.07) is 0. The fraction of sp³-hybridized carbons (Fsp3) is 0.750. The molecule has 5 heteroatoms. The Kier molecular flexibility index (Phi) is 1.86. The van der Waals surface area contributed by atoms with Gasteiger partial charge in [-0.2, -0.15) is 0 Å². The van der Waals surface area contributed by atoms with Crippen LogP contribution in [0, 0.1) is 0 Å². The molecule has 0 bridgehead atoms. The Morgan fingerprint density at radius 3 is 3.00 bits per heavy atom. The maximum absolute atomic E-state index is 9.50. The molecule has 1 rings (SSSR count). The van der Waals surface area contributed by atoms with E-state index in [1.54, 1.807) is 0 Å². The third kappa shape index (κ3) is 2.89. The summed E-state index contributed by atoms with van der Waals surface area (Å²) < 4.78 is 4.67. The molecule has 1 atom stereocenters. The van der Waals surface area contributed by atoms with Gasteiger partial charge in [-0.1, -0.05) is 0 Å². The number of carbonyl (C=O) groups is 1. The summed E-state index contributed by atoms with van der Waals surface area (Å²) in [6.07, 6.45) is -1.68. The molecule has 1 unspecified atom stereocenters. The molecule has 5 nitrogen and oxygen atoms in total. The molecule has 0 N–H and O–H groups in total. The molecule has 0 aromatic rings. The van der Waals surface area contributed by atoms with Crippen molar-refractivity contribution < 1.29 is 24.4 Å². The highest BCUT2D eigenvalue weighted by Crippen LogP contribution is 2.08. The van der Waals surface area contributed by atoms with E-state index in [0.29, 0.717) is 6.61 Å². The van der Waals surface area contributed by atoms with E-state index in [-0.39, 0.29) is 12.7 Å². The Morgan fingerprint density at radius 2 is 2.56 bits per heavy atom. The fourth-order valence-electron chi connectivity index (χ4n) is 0.322. The first-order chi connectivity index (χ1) is 4.29. The number of carboxylic acid groups (broad SMARTS) is 1. The number of carbonyl (C=O) groups excluding carboxylic acids is 1. The summed E-state index contributed by atoms with van der Waals surface area (Å²) in [5, 5.41) is 9.50. The van der Waals surface area contributed by atoms with E-state index in [1.807, 2.05) is 0 Å². The molecule has 0 aromatic heterocycles. The van der Waals surface area contributed by atoms with Gasteiger partial charge in [-0.25, -0.2) is 0 Å². The average Bonchev–Trinajstić information content (AvgIpc) is 2.48. The topological polar surface area (TPSA) is 71.1 Å². The second-order valence-corrected chi connectivity index (χ2v) is 1.57. The van der Waals surface area contributed by atoms with Gasteiger partial charge in [0, 0.05) is 0 Å². The summed E-state index contributed by atoms with van der Waals surface area (Å²) in [5.74, 6) is 0. The number of epoxide rings is 1. The summed E-state index contributed by atoms with van der Waals surface area (Å²) in [5.41, 5.74) is 0. The molecule has 9 heavy (non-hydrogen) atoms. The first-order valence-corrected chi connectivity index (χ1v) is 2.41. The molecule has 1 aliphatic heterocycles. The second kappa shape index (κ2) is 2.65. The molecule has 0 aliphatic carbocycles. The molecule has 0 saturated carbocycles. The van der Waals surface area contributed by atoms with Gasteiger partial charge in [0.2, 0.25) is 0 Å². The van der Waals surface area contributed by atoms with Crippen LogP contribution in [0.15, 0.2) is 0 Å². The predicted octanol–water partition coefficient (Wildman–Crippen LogP) is -1.32. The summed E-state index contributed by atoms with van der Waals surface area (Å²) >= 11 is 0. The molecule has 1 aliphatic rings. The van der Waals surface area contributed by atoms with E-state index in [1.165, 1.54) is 0 Å². The van der Waals surface area contributed by atoms with Crippen molar-refractivity contribution in [2.75, 3.05) is 13.2 Å². The van der Waals surface area contributed by atoms with Crippen LogP contribution in [0.25, 0.3) is 0 Å². The van der Waals surface area contributed by atoms with E-state index >= 15 is 0 Å². The lowest BCUT2D eigenvalue weighted by atomic mass is 10.5. The van der Waals surface area contributed by atoms with Crippen molar-refractivity contribution in [3.8, 4) is 0 Å². The highest BCUT2D eigenvalue weighted by atomic mass is 17.2. The van der Waals surface area contributed by atoms with Crippen LogP contribution in [-0.2, 0) is 14.5 Å². The van der Waals surface area contributed by atoms with Crippen LogP contribution in [0.1, 0.15) is 0 Å². The maximum atomic E-state index is 9.50. The molecule has 1 saturated heterocycles. The van der Waals surface area contributed by atoms with Crippen LogP contribution in [0.3, 0.4) is 0 Å². The van der Waals surface area contributed by atoms with E-state index in [2.05, 4.69) is 14.5 Å². The minimum Gasteiger partial charge on any atom is -0.424 e. The minimum absolute atomic E-state index is 0.00403. The molecule has 0 spiro atoms. The zero-order valence-electron chi connectivity index (χ0n) is 4.53. The summed E-state index contributed by atoms with van der Waals surface area (Å²) in [4.78, 5) is 17.3. The Hall–Kier alpha value is -0.810. The molecule has 1 fully saturated rings. The van der Waals surface area contributed by atoms with Crippen LogP contribution >= 0.6 is 0 Å². The number of ether oxygens (including phenoxy) is 1. The fourth-order valence-corrected chi connectivity index (χ4v) is 0.322. The lowest BCUT2D eigenvalue weighted by Crippen LogP contribution is -2.24. The van der Waals surface area contributed by atoms with Gasteiger partial charge in [0.1, 0.15) is 12.7 Å². The number of hydrogen-bond donors (Lipinski definition) is 0. The third-order valence-corrected chi connectivity index (χ3v) is 0.783. The van der Waals surface area contributed by atoms with Crippen molar-refractivity contribution >= 4 is 6.16 Å². The Bertz CT molecular complexity index is 108. The molecule has 52 valence electrons. The van der Waals surface area contributed by atoms with Gasteiger partial charge in [0.05, 0.1) is 6.61 Å². The van der Waals surface area contributed by atoms with E-state index in [9.17, 15) is 9.90 Å². The molecule has 0 aromatic carbocycles.